The van der Waals surface area contributed by atoms with Gasteiger partial charge in [-0.3, -0.25) is 4.79 Å². The highest BCUT2D eigenvalue weighted by molar-refractivity contribution is 14.0. The van der Waals surface area contributed by atoms with E-state index >= 15 is 0 Å². The second-order valence-corrected chi connectivity index (χ2v) is 5.42. The molecule has 0 rings (SSSR count). The van der Waals surface area contributed by atoms with E-state index in [0.29, 0.717) is 18.5 Å². The van der Waals surface area contributed by atoms with Gasteiger partial charge in [0.25, 0.3) is 0 Å². The molecule has 1 amide bonds. The minimum Gasteiger partial charge on any atom is -0.370 e. The molecule has 0 spiro atoms. The molecule has 0 aromatic heterocycles. The molecule has 0 aliphatic heterocycles. The summed E-state index contributed by atoms with van der Waals surface area (Å²) in [5.74, 6) is 1.00. The molecule has 5 nitrogen and oxygen atoms in total. The van der Waals surface area contributed by atoms with Crippen LogP contribution in [-0.2, 0) is 4.79 Å². The fraction of sp³-hybridized carbons (Fsp3) is 0.857. The first-order chi connectivity index (χ1) is 8.95. The largest absolute Gasteiger partial charge is 0.370 e. The monoisotopic (exact) mass is 398 g/mol. The van der Waals surface area contributed by atoms with E-state index in [2.05, 4.69) is 36.4 Å². The molecule has 0 aliphatic carbocycles. The lowest BCUT2D eigenvalue weighted by atomic mass is 10.0. The van der Waals surface area contributed by atoms with Gasteiger partial charge < -0.3 is 16.4 Å². The van der Waals surface area contributed by atoms with Crippen LogP contribution in [-0.4, -0.2) is 31.0 Å². The first-order valence-corrected chi connectivity index (χ1v) is 7.28. The summed E-state index contributed by atoms with van der Waals surface area (Å²) < 4.78 is 0. The van der Waals surface area contributed by atoms with Gasteiger partial charge in [-0.15, -0.1) is 24.0 Å². The van der Waals surface area contributed by atoms with Crippen molar-refractivity contribution in [2.24, 2.45) is 16.6 Å². The van der Waals surface area contributed by atoms with Crippen LogP contribution in [0.15, 0.2) is 4.99 Å². The molecule has 4 N–H and O–H groups in total. The van der Waals surface area contributed by atoms with Gasteiger partial charge in [-0.2, -0.15) is 0 Å². The van der Waals surface area contributed by atoms with Crippen molar-refractivity contribution in [2.45, 2.75) is 59.4 Å². The first-order valence-electron chi connectivity index (χ1n) is 7.28. The Morgan fingerprint density at radius 1 is 1.25 bits per heavy atom. The van der Waals surface area contributed by atoms with Gasteiger partial charge in [-0.1, -0.05) is 33.6 Å². The summed E-state index contributed by atoms with van der Waals surface area (Å²) in [4.78, 5) is 15.4. The molecule has 0 heterocycles. The molecule has 6 heteroatoms. The Morgan fingerprint density at radius 3 is 2.45 bits per heavy atom. The topological polar surface area (TPSA) is 79.5 Å². The minimum atomic E-state index is -0.0842. The van der Waals surface area contributed by atoms with Gasteiger partial charge in [-0.25, -0.2) is 4.99 Å². The zero-order chi connectivity index (χ0) is 14.7. The van der Waals surface area contributed by atoms with E-state index in [1.54, 1.807) is 0 Å². The second kappa shape index (κ2) is 13.5. The third-order valence-corrected chi connectivity index (χ3v) is 2.78. The van der Waals surface area contributed by atoms with Crippen molar-refractivity contribution >= 4 is 35.8 Å². The molecular weight excluding hydrogens is 367 g/mol. The Kier molecular flexibility index (Phi) is 14.6. The van der Waals surface area contributed by atoms with Gasteiger partial charge in [0.05, 0.1) is 0 Å². The van der Waals surface area contributed by atoms with Crippen molar-refractivity contribution < 1.29 is 4.79 Å². The van der Waals surface area contributed by atoms with E-state index in [-0.39, 0.29) is 36.4 Å². The summed E-state index contributed by atoms with van der Waals surface area (Å²) in [6.07, 6.45) is 4.39. The number of nitrogens with zero attached hydrogens (tertiary/aromatic N) is 1. The second-order valence-electron chi connectivity index (χ2n) is 5.42. The van der Waals surface area contributed by atoms with Crippen LogP contribution in [0.5, 0.6) is 0 Å². The standard InChI is InChI=1S/C14H30N4O.HI/c1-5-9-16-13(19)10-17-14(15)18-12(4)8-6-7-11(2)3;/h11-12H,5-10H2,1-4H3,(H,16,19)(H3,15,17,18);1H. The number of nitrogens with two attached hydrogens (primary N) is 1. The maximum atomic E-state index is 11.3. The van der Waals surface area contributed by atoms with Crippen LogP contribution in [0.2, 0.25) is 0 Å². The number of rotatable bonds is 9. The Morgan fingerprint density at radius 2 is 1.90 bits per heavy atom. The predicted octanol–water partition coefficient (Wildman–Crippen LogP) is 2.25. The van der Waals surface area contributed by atoms with Crippen LogP contribution in [0, 0.1) is 5.92 Å². The molecule has 1 atom stereocenters. The van der Waals surface area contributed by atoms with Crippen molar-refractivity contribution in [2.75, 3.05) is 13.1 Å². The third kappa shape index (κ3) is 13.9. The predicted molar refractivity (Wildman–Crippen MR) is 96.5 cm³/mol. The van der Waals surface area contributed by atoms with E-state index in [1.807, 2.05) is 6.92 Å². The maximum absolute atomic E-state index is 11.3. The number of hydrogen-bond donors (Lipinski definition) is 3. The highest BCUT2D eigenvalue weighted by Crippen LogP contribution is 2.07. The lowest BCUT2D eigenvalue weighted by Crippen LogP contribution is -2.39. The van der Waals surface area contributed by atoms with Crippen LogP contribution in [0.4, 0.5) is 0 Å². The molecule has 1 unspecified atom stereocenters. The number of carbonyl (C=O) groups excluding carboxylic acids is 1. The molecule has 0 fully saturated rings. The first kappa shape index (κ1) is 21.8. The third-order valence-electron chi connectivity index (χ3n) is 2.78. The van der Waals surface area contributed by atoms with Gasteiger partial charge >= 0.3 is 0 Å². The summed E-state index contributed by atoms with van der Waals surface area (Å²) in [5.41, 5.74) is 5.74. The van der Waals surface area contributed by atoms with Crippen LogP contribution >= 0.6 is 24.0 Å². The summed E-state index contributed by atoms with van der Waals surface area (Å²) in [6.45, 7) is 9.33. The van der Waals surface area contributed by atoms with Gasteiger partial charge in [0, 0.05) is 12.6 Å². The Bertz CT molecular complexity index is 282. The molecule has 120 valence electrons. The number of carbonyl (C=O) groups is 1. The van der Waals surface area contributed by atoms with Crippen LogP contribution in [0.1, 0.15) is 53.4 Å². The molecule has 20 heavy (non-hydrogen) atoms. The number of halogens is 1. The van der Waals surface area contributed by atoms with E-state index in [0.717, 1.165) is 18.8 Å². The van der Waals surface area contributed by atoms with Crippen molar-refractivity contribution in [1.29, 1.82) is 0 Å². The summed E-state index contributed by atoms with van der Waals surface area (Å²) in [6, 6.07) is 0.293. The Labute approximate surface area is 140 Å². The molecule has 0 aromatic rings. The number of nitrogens with one attached hydrogen (secondary N) is 2. The van der Waals surface area contributed by atoms with E-state index in [4.69, 9.17) is 5.73 Å². The van der Waals surface area contributed by atoms with Gasteiger partial charge in [-0.05, 0) is 25.7 Å². The smallest absolute Gasteiger partial charge is 0.241 e. The van der Waals surface area contributed by atoms with E-state index in [1.165, 1.54) is 12.8 Å². The van der Waals surface area contributed by atoms with Gasteiger partial charge in [0.2, 0.25) is 5.91 Å². The number of amides is 1. The molecule has 0 bridgehead atoms. The highest BCUT2D eigenvalue weighted by atomic mass is 127. The number of aliphatic imine (C=N–C) groups is 1. The molecule has 0 saturated heterocycles. The van der Waals surface area contributed by atoms with Gasteiger partial charge in [0.1, 0.15) is 6.54 Å². The van der Waals surface area contributed by atoms with Crippen molar-refractivity contribution in [3.05, 3.63) is 0 Å². The molecule has 0 saturated carbocycles. The van der Waals surface area contributed by atoms with Crippen LogP contribution in [0.25, 0.3) is 0 Å². The number of hydrogen-bond acceptors (Lipinski definition) is 2. The summed E-state index contributed by atoms with van der Waals surface area (Å²) in [7, 11) is 0. The lowest BCUT2D eigenvalue weighted by Gasteiger charge is -2.15. The van der Waals surface area contributed by atoms with Crippen LogP contribution < -0.4 is 16.4 Å². The number of guanidine groups is 1. The van der Waals surface area contributed by atoms with Crippen LogP contribution in [0.3, 0.4) is 0 Å². The van der Waals surface area contributed by atoms with Crippen molar-refractivity contribution in [1.82, 2.24) is 10.6 Å². The molecule has 0 aliphatic rings. The van der Waals surface area contributed by atoms with E-state index < -0.39 is 0 Å². The molecule has 0 radical (unpaired) electrons. The molecular formula is C14H31IN4O. The zero-order valence-corrected chi connectivity index (χ0v) is 15.6. The minimum absolute atomic E-state index is 0. The quantitative estimate of drug-likeness (QED) is 0.317. The SMILES string of the molecule is CCCNC(=O)CN=C(N)NC(C)CCCC(C)C.I. The van der Waals surface area contributed by atoms with E-state index in [9.17, 15) is 4.79 Å². The zero-order valence-electron chi connectivity index (χ0n) is 13.2. The van der Waals surface area contributed by atoms with Gasteiger partial charge in [0.15, 0.2) is 5.96 Å². The highest BCUT2D eigenvalue weighted by Gasteiger charge is 2.04. The molecule has 0 aromatic carbocycles. The Balaban J connectivity index is 0. The summed E-state index contributed by atoms with van der Waals surface area (Å²) >= 11 is 0. The average molecular weight is 398 g/mol. The maximum Gasteiger partial charge on any atom is 0.241 e. The fourth-order valence-electron chi connectivity index (χ4n) is 1.68. The Hall–Kier alpha value is -0.530. The fourth-order valence-corrected chi connectivity index (χ4v) is 1.68. The average Bonchev–Trinajstić information content (AvgIpc) is 2.33. The summed E-state index contributed by atoms with van der Waals surface area (Å²) in [5, 5.41) is 5.87. The normalized spacial score (nSPS) is 12.8. The lowest BCUT2D eigenvalue weighted by molar-refractivity contribution is -0.119. The van der Waals surface area contributed by atoms with Crippen molar-refractivity contribution in [3.8, 4) is 0 Å². The van der Waals surface area contributed by atoms with Crippen molar-refractivity contribution in [3.63, 3.8) is 0 Å².